The smallest absolute Gasteiger partial charge is 0.173 e. The Kier molecular flexibility index (Phi) is 8.50. The first kappa shape index (κ1) is 22.9. The molecule has 6 heteroatoms. The second kappa shape index (κ2) is 10.4. The van der Waals surface area contributed by atoms with Gasteiger partial charge in [-0.25, -0.2) is 0 Å². The predicted molar refractivity (Wildman–Crippen MR) is 121 cm³/mol. The quantitative estimate of drug-likeness (QED) is 0.332. The molecule has 0 radical (unpaired) electrons. The number of halogens is 2. The normalized spacial score (nSPS) is 11.1. The Hall–Kier alpha value is -1.40. The molecule has 0 aliphatic rings. The lowest BCUT2D eigenvalue weighted by atomic mass is 10.1. The van der Waals surface area contributed by atoms with Crippen molar-refractivity contribution in [2.75, 3.05) is 7.11 Å². The Bertz CT molecular complexity index is 804. The third kappa shape index (κ3) is 5.35. The molecule has 0 atom stereocenters. The van der Waals surface area contributed by atoms with E-state index in [9.17, 15) is 0 Å². The molecule has 0 unspecified atom stereocenters. The number of methoxy groups -OCH3 is 1. The molecule has 0 saturated heterocycles. The van der Waals surface area contributed by atoms with Crippen LogP contribution >= 0.6 is 31.9 Å². The summed E-state index contributed by atoms with van der Waals surface area (Å²) in [4.78, 5) is 0. The van der Waals surface area contributed by atoms with E-state index >= 15 is 0 Å². The number of alkyl halides is 2. The maximum absolute atomic E-state index is 6.44. The molecule has 2 rings (SSSR count). The Morgan fingerprint density at radius 1 is 0.857 bits per heavy atom. The number of hydrogen-bond donors (Lipinski definition) is 0. The average Bonchev–Trinajstić information content (AvgIpc) is 2.64. The lowest BCUT2D eigenvalue weighted by Crippen LogP contribution is -2.10. The Balaban J connectivity index is 2.61. The lowest BCUT2D eigenvalue weighted by Gasteiger charge is -2.23. The SMILES string of the molecule is COc1cc(CBr)c(Oc2cccc(OC(C)C)c2CBr)c(OC(C)C)c1C. The van der Waals surface area contributed by atoms with E-state index in [4.69, 9.17) is 18.9 Å². The molecule has 0 aromatic heterocycles. The first-order chi connectivity index (χ1) is 13.3. The van der Waals surface area contributed by atoms with Gasteiger partial charge in [-0.05, 0) is 52.8 Å². The van der Waals surface area contributed by atoms with Crippen molar-refractivity contribution in [1.29, 1.82) is 0 Å². The zero-order valence-electron chi connectivity index (χ0n) is 17.3. The van der Waals surface area contributed by atoms with E-state index in [0.717, 1.165) is 33.9 Å². The second-order valence-corrected chi connectivity index (χ2v) is 8.08. The van der Waals surface area contributed by atoms with Crippen LogP contribution in [-0.2, 0) is 10.7 Å². The fourth-order valence-electron chi connectivity index (χ4n) is 2.81. The summed E-state index contributed by atoms with van der Waals surface area (Å²) in [5.74, 6) is 3.69. The molecule has 4 nitrogen and oxygen atoms in total. The van der Waals surface area contributed by atoms with Crippen LogP contribution in [0.15, 0.2) is 24.3 Å². The zero-order valence-corrected chi connectivity index (χ0v) is 20.4. The molecule has 0 spiro atoms. The van der Waals surface area contributed by atoms with Gasteiger partial charge >= 0.3 is 0 Å². The topological polar surface area (TPSA) is 36.9 Å². The van der Waals surface area contributed by atoms with Crippen molar-refractivity contribution in [3.8, 4) is 28.7 Å². The Morgan fingerprint density at radius 3 is 2.04 bits per heavy atom. The van der Waals surface area contributed by atoms with Crippen LogP contribution in [-0.4, -0.2) is 19.3 Å². The maximum Gasteiger partial charge on any atom is 0.173 e. The summed E-state index contributed by atoms with van der Waals surface area (Å²) in [7, 11) is 1.66. The van der Waals surface area contributed by atoms with Crippen molar-refractivity contribution < 1.29 is 18.9 Å². The van der Waals surface area contributed by atoms with E-state index in [0.29, 0.717) is 22.2 Å². The van der Waals surface area contributed by atoms with Crippen LogP contribution < -0.4 is 18.9 Å². The maximum atomic E-state index is 6.44. The standard InChI is InChI=1S/C22H28Br2O4/c1-13(2)26-18-8-7-9-19(17(18)12-24)28-22-16(11-23)10-20(25-6)15(5)21(22)27-14(3)4/h7-10,13-14H,11-12H2,1-6H3. The van der Waals surface area contributed by atoms with Crippen LogP contribution in [0.2, 0.25) is 0 Å². The highest BCUT2D eigenvalue weighted by atomic mass is 79.9. The van der Waals surface area contributed by atoms with E-state index in [1.54, 1.807) is 7.11 Å². The van der Waals surface area contributed by atoms with Crippen LogP contribution in [0.5, 0.6) is 28.7 Å². The van der Waals surface area contributed by atoms with Gasteiger partial charge in [0.15, 0.2) is 11.5 Å². The molecule has 0 N–H and O–H groups in total. The fraction of sp³-hybridized carbons (Fsp3) is 0.455. The van der Waals surface area contributed by atoms with Crippen LogP contribution in [0.4, 0.5) is 0 Å². The van der Waals surface area contributed by atoms with Crippen LogP contribution in [0.25, 0.3) is 0 Å². The van der Waals surface area contributed by atoms with Gasteiger partial charge in [-0.1, -0.05) is 37.9 Å². The van der Waals surface area contributed by atoms with Crippen molar-refractivity contribution in [2.24, 2.45) is 0 Å². The highest BCUT2D eigenvalue weighted by Gasteiger charge is 2.22. The minimum atomic E-state index is 0.00239. The van der Waals surface area contributed by atoms with Crippen LogP contribution in [0, 0.1) is 6.92 Å². The fourth-order valence-corrected chi connectivity index (χ4v) is 3.78. The summed E-state index contributed by atoms with van der Waals surface area (Å²) in [6.45, 7) is 9.99. The summed E-state index contributed by atoms with van der Waals surface area (Å²) in [5, 5.41) is 1.23. The molecule has 28 heavy (non-hydrogen) atoms. The van der Waals surface area contributed by atoms with Gasteiger partial charge in [-0.3, -0.25) is 0 Å². The average molecular weight is 516 g/mol. The molecule has 0 fully saturated rings. The largest absolute Gasteiger partial charge is 0.496 e. The molecule has 0 saturated carbocycles. The van der Waals surface area contributed by atoms with Gasteiger partial charge in [0.1, 0.15) is 17.2 Å². The summed E-state index contributed by atoms with van der Waals surface area (Å²) < 4.78 is 24.1. The van der Waals surface area contributed by atoms with E-state index in [-0.39, 0.29) is 12.2 Å². The number of ether oxygens (including phenoxy) is 4. The molecular formula is C22H28Br2O4. The van der Waals surface area contributed by atoms with Crippen molar-refractivity contribution >= 4 is 31.9 Å². The first-order valence-electron chi connectivity index (χ1n) is 9.27. The Morgan fingerprint density at radius 2 is 1.50 bits per heavy atom. The minimum absolute atomic E-state index is 0.00239. The predicted octanol–water partition coefficient (Wildman–Crippen LogP) is 7.16. The molecule has 0 heterocycles. The molecule has 0 amide bonds. The third-order valence-corrected chi connectivity index (χ3v) is 5.19. The van der Waals surface area contributed by atoms with E-state index < -0.39 is 0 Å². The Labute approximate surface area is 184 Å². The monoisotopic (exact) mass is 514 g/mol. The highest BCUT2D eigenvalue weighted by Crippen LogP contribution is 2.45. The lowest BCUT2D eigenvalue weighted by molar-refractivity contribution is 0.228. The van der Waals surface area contributed by atoms with E-state index in [1.807, 2.05) is 58.9 Å². The molecule has 0 bridgehead atoms. The molecule has 2 aromatic carbocycles. The zero-order chi connectivity index (χ0) is 20.8. The number of rotatable bonds is 9. The molecule has 0 aliphatic heterocycles. The first-order valence-corrected chi connectivity index (χ1v) is 11.5. The van der Waals surface area contributed by atoms with Gasteiger partial charge in [0.05, 0.1) is 19.3 Å². The number of hydrogen-bond acceptors (Lipinski definition) is 4. The van der Waals surface area contributed by atoms with Crippen molar-refractivity contribution in [2.45, 2.75) is 57.5 Å². The van der Waals surface area contributed by atoms with Gasteiger partial charge < -0.3 is 18.9 Å². The second-order valence-electron chi connectivity index (χ2n) is 6.96. The number of benzene rings is 2. The molecular weight excluding hydrogens is 488 g/mol. The van der Waals surface area contributed by atoms with Gasteiger partial charge in [-0.2, -0.15) is 0 Å². The molecule has 0 aliphatic carbocycles. The minimum Gasteiger partial charge on any atom is -0.496 e. The third-order valence-electron chi connectivity index (χ3n) is 4.03. The van der Waals surface area contributed by atoms with Gasteiger partial charge in [0, 0.05) is 27.4 Å². The summed E-state index contributed by atoms with van der Waals surface area (Å²) in [5.41, 5.74) is 2.82. The summed E-state index contributed by atoms with van der Waals surface area (Å²) in [6, 6.07) is 7.82. The van der Waals surface area contributed by atoms with E-state index in [1.165, 1.54) is 0 Å². The van der Waals surface area contributed by atoms with Gasteiger partial charge in [0.2, 0.25) is 0 Å². The van der Waals surface area contributed by atoms with Crippen molar-refractivity contribution in [3.63, 3.8) is 0 Å². The van der Waals surface area contributed by atoms with Crippen LogP contribution in [0.3, 0.4) is 0 Å². The van der Waals surface area contributed by atoms with Crippen LogP contribution in [0.1, 0.15) is 44.4 Å². The molecule has 154 valence electrons. The van der Waals surface area contributed by atoms with Crippen molar-refractivity contribution in [1.82, 2.24) is 0 Å². The summed E-state index contributed by atoms with van der Waals surface area (Å²) in [6.07, 6.45) is 0.0804. The van der Waals surface area contributed by atoms with E-state index in [2.05, 4.69) is 31.9 Å². The molecule has 2 aromatic rings. The van der Waals surface area contributed by atoms with Gasteiger partial charge in [-0.15, -0.1) is 0 Å². The summed E-state index contributed by atoms with van der Waals surface area (Å²) >= 11 is 7.14. The van der Waals surface area contributed by atoms with Crippen molar-refractivity contribution in [3.05, 3.63) is 41.0 Å². The van der Waals surface area contributed by atoms with Gasteiger partial charge in [0.25, 0.3) is 0 Å². The highest BCUT2D eigenvalue weighted by molar-refractivity contribution is 9.08.